The average Bonchev–Trinajstić information content (AvgIpc) is 2.52. The lowest BCUT2D eigenvalue weighted by atomic mass is 10.1. The highest BCUT2D eigenvalue weighted by Gasteiger charge is 2.42. The molecule has 0 aliphatic rings. The Bertz CT molecular complexity index is 955. The molecule has 0 radical (unpaired) electrons. The van der Waals surface area contributed by atoms with E-state index in [4.69, 9.17) is 11.6 Å². The molecule has 0 amide bonds. The number of nitrogens with one attached hydrogen (secondary N) is 1. The molecule has 2 aromatic carbocycles. The molecule has 0 fully saturated rings. The molecule has 154 valence electrons. The predicted molar refractivity (Wildman–Crippen MR) is 103 cm³/mol. The molecule has 1 N–H and O–H groups in total. The molecule has 0 spiro atoms. The van der Waals surface area contributed by atoms with Crippen molar-refractivity contribution in [1.82, 2.24) is 4.72 Å². The third-order valence-electron chi connectivity index (χ3n) is 3.87. The van der Waals surface area contributed by atoms with Crippen LogP contribution in [-0.4, -0.2) is 26.4 Å². The molecule has 10 heteroatoms. The number of hydrogen-bond acceptors (Lipinski definition) is 3. The van der Waals surface area contributed by atoms with Gasteiger partial charge in [-0.2, -0.15) is 17.9 Å². The van der Waals surface area contributed by atoms with Crippen LogP contribution in [-0.2, 0) is 10.0 Å². The van der Waals surface area contributed by atoms with E-state index in [1.54, 1.807) is 23.8 Å². The van der Waals surface area contributed by atoms with E-state index in [-0.39, 0.29) is 9.92 Å². The second kappa shape index (κ2) is 8.61. The molecule has 2 rings (SSSR count). The number of rotatable bonds is 6. The van der Waals surface area contributed by atoms with Crippen LogP contribution in [0.5, 0.6) is 0 Å². The maximum Gasteiger partial charge on any atom is 0.405 e. The number of alkyl halides is 3. The van der Waals surface area contributed by atoms with Gasteiger partial charge in [0.1, 0.15) is 11.9 Å². The summed E-state index contributed by atoms with van der Waals surface area (Å²) in [5.74, 6) is -1.32. The summed E-state index contributed by atoms with van der Waals surface area (Å²) in [5.41, 5.74) is 1.54. The van der Waals surface area contributed by atoms with Crippen LogP contribution < -0.4 is 4.72 Å². The molecular formula is C18H18ClF4NO2S2. The lowest BCUT2D eigenvalue weighted by molar-refractivity contribution is -0.145. The smallest absolute Gasteiger partial charge is 0.207 e. The molecule has 0 heterocycles. The Morgan fingerprint density at radius 3 is 2.18 bits per heavy atom. The topological polar surface area (TPSA) is 46.2 Å². The normalized spacial score (nSPS) is 13.6. The van der Waals surface area contributed by atoms with Gasteiger partial charge < -0.3 is 0 Å². The van der Waals surface area contributed by atoms with Gasteiger partial charge in [-0.1, -0.05) is 29.3 Å². The molecule has 0 aliphatic carbocycles. The maximum absolute atomic E-state index is 13.5. The van der Waals surface area contributed by atoms with E-state index in [1.165, 1.54) is 26.0 Å². The van der Waals surface area contributed by atoms with Crippen molar-refractivity contribution in [2.24, 2.45) is 0 Å². The van der Waals surface area contributed by atoms with Crippen molar-refractivity contribution in [2.45, 2.75) is 42.8 Å². The van der Waals surface area contributed by atoms with Gasteiger partial charge in [-0.25, -0.2) is 12.8 Å². The van der Waals surface area contributed by atoms with Crippen LogP contribution in [0.1, 0.15) is 16.7 Å². The number of sulfonamides is 1. The van der Waals surface area contributed by atoms with Gasteiger partial charge in [0.25, 0.3) is 0 Å². The molecule has 0 saturated carbocycles. The molecule has 28 heavy (non-hydrogen) atoms. The van der Waals surface area contributed by atoms with Crippen molar-refractivity contribution < 1.29 is 26.0 Å². The van der Waals surface area contributed by atoms with Crippen LogP contribution in [0.15, 0.2) is 40.1 Å². The van der Waals surface area contributed by atoms with Crippen LogP contribution in [0.2, 0.25) is 5.02 Å². The zero-order chi connectivity index (χ0) is 21.3. The van der Waals surface area contributed by atoms with Crippen LogP contribution in [0.3, 0.4) is 0 Å². The Morgan fingerprint density at radius 2 is 1.68 bits per heavy atom. The van der Waals surface area contributed by atoms with Gasteiger partial charge in [-0.15, -0.1) is 11.8 Å². The number of thioether (sulfide) groups is 1. The summed E-state index contributed by atoms with van der Waals surface area (Å²) in [4.78, 5) is 0.129. The van der Waals surface area contributed by atoms with E-state index in [0.717, 1.165) is 23.4 Å². The average molecular weight is 456 g/mol. The molecule has 0 aliphatic heterocycles. The Morgan fingerprint density at radius 1 is 1.11 bits per heavy atom. The fourth-order valence-corrected chi connectivity index (χ4v) is 5.80. The van der Waals surface area contributed by atoms with Crippen molar-refractivity contribution in [3.63, 3.8) is 0 Å². The van der Waals surface area contributed by atoms with E-state index >= 15 is 0 Å². The first-order chi connectivity index (χ1) is 12.8. The highest BCUT2D eigenvalue weighted by Crippen LogP contribution is 2.31. The zero-order valence-corrected chi connectivity index (χ0v) is 17.6. The van der Waals surface area contributed by atoms with Gasteiger partial charge in [0.05, 0.1) is 9.92 Å². The minimum Gasteiger partial charge on any atom is -0.207 e. The van der Waals surface area contributed by atoms with E-state index in [0.29, 0.717) is 16.0 Å². The Hall–Kier alpha value is -1.29. The molecule has 0 aromatic heterocycles. The second-order valence-electron chi connectivity index (χ2n) is 6.33. The molecule has 1 atom stereocenters. The first-order valence-electron chi connectivity index (χ1n) is 8.06. The fraction of sp³-hybridized carbons (Fsp3) is 0.333. The van der Waals surface area contributed by atoms with E-state index < -0.39 is 33.8 Å². The molecule has 1 unspecified atom stereocenters. The maximum atomic E-state index is 13.5. The van der Waals surface area contributed by atoms with Gasteiger partial charge in [-0.05, 0) is 50.1 Å². The lowest BCUT2D eigenvalue weighted by Crippen LogP contribution is -2.47. The Balaban J connectivity index is 2.28. The van der Waals surface area contributed by atoms with E-state index in [9.17, 15) is 26.0 Å². The summed E-state index contributed by atoms with van der Waals surface area (Å²) < 4.78 is 80.6. The van der Waals surface area contributed by atoms with Crippen LogP contribution >= 0.6 is 23.4 Å². The number of halogens is 5. The Kier molecular flexibility index (Phi) is 7.07. The second-order valence-corrected chi connectivity index (χ2v) is 9.48. The quantitative estimate of drug-likeness (QED) is 0.468. The number of hydrogen-bond donors (Lipinski definition) is 1. The highest BCUT2D eigenvalue weighted by atomic mass is 35.5. The minimum absolute atomic E-state index is 0.165. The summed E-state index contributed by atoms with van der Waals surface area (Å²) >= 11 is 6.36. The Labute approximate surface area is 170 Å². The van der Waals surface area contributed by atoms with Crippen molar-refractivity contribution in [3.05, 3.63) is 57.9 Å². The van der Waals surface area contributed by atoms with Crippen molar-refractivity contribution in [1.29, 1.82) is 0 Å². The fourth-order valence-electron chi connectivity index (χ4n) is 2.78. The number of benzene rings is 2. The molecule has 2 aromatic rings. The standard InChI is InChI=1S/C18H18ClF4NO2S2/c1-10-6-11(2)17(12(3)7-10)28(25,26)24-16(18(21,22)23)9-27-13-4-5-15(20)14(19)8-13/h4-8,16,24H,9H2,1-3H3. The van der Waals surface area contributed by atoms with Crippen molar-refractivity contribution in [3.8, 4) is 0 Å². The highest BCUT2D eigenvalue weighted by molar-refractivity contribution is 7.99. The van der Waals surface area contributed by atoms with Gasteiger partial charge in [0, 0.05) is 10.6 Å². The first kappa shape index (κ1) is 23.0. The first-order valence-corrected chi connectivity index (χ1v) is 10.9. The molecule has 0 saturated heterocycles. The zero-order valence-electron chi connectivity index (χ0n) is 15.2. The minimum atomic E-state index is -4.81. The third kappa shape index (κ3) is 5.62. The monoisotopic (exact) mass is 455 g/mol. The SMILES string of the molecule is Cc1cc(C)c(S(=O)(=O)NC(CSc2ccc(F)c(Cl)c2)C(F)(F)F)c(C)c1. The van der Waals surface area contributed by atoms with Gasteiger partial charge in [-0.3, -0.25) is 0 Å². The summed E-state index contributed by atoms with van der Waals surface area (Å²) in [6, 6.07) is 4.38. The van der Waals surface area contributed by atoms with Crippen molar-refractivity contribution >= 4 is 33.4 Å². The summed E-state index contributed by atoms with van der Waals surface area (Å²) in [5, 5.41) is -0.222. The van der Waals surface area contributed by atoms with E-state index in [2.05, 4.69) is 0 Å². The molecule has 0 bridgehead atoms. The van der Waals surface area contributed by atoms with Gasteiger partial charge >= 0.3 is 6.18 Å². The van der Waals surface area contributed by atoms with Gasteiger partial charge in [0.2, 0.25) is 10.0 Å². The number of aryl methyl sites for hydroxylation is 3. The third-order valence-corrected chi connectivity index (χ3v) is 7.03. The van der Waals surface area contributed by atoms with E-state index in [1.807, 2.05) is 0 Å². The van der Waals surface area contributed by atoms with Crippen LogP contribution in [0.4, 0.5) is 17.6 Å². The summed E-state index contributed by atoms with van der Waals surface area (Å²) in [6.45, 7) is 4.84. The molecular weight excluding hydrogens is 438 g/mol. The predicted octanol–water partition coefficient (Wildman–Crippen LogP) is 5.41. The van der Waals surface area contributed by atoms with Crippen LogP contribution in [0.25, 0.3) is 0 Å². The summed E-state index contributed by atoms with van der Waals surface area (Å²) in [7, 11) is -4.41. The lowest BCUT2D eigenvalue weighted by Gasteiger charge is -2.22. The van der Waals surface area contributed by atoms with Crippen molar-refractivity contribution in [2.75, 3.05) is 5.75 Å². The van der Waals surface area contributed by atoms with Gasteiger partial charge in [0.15, 0.2) is 0 Å². The molecule has 3 nitrogen and oxygen atoms in total. The largest absolute Gasteiger partial charge is 0.405 e. The van der Waals surface area contributed by atoms with Crippen LogP contribution in [0, 0.1) is 26.6 Å². The summed E-state index contributed by atoms with van der Waals surface area (Å²) in [6.07, 6.45) is -4.81.